The van der Waals surface area contributed by atoms with Crippen molar-refractivity contribution in [2.45, 2.75) is 25.4 Å². The Morgan fingerprint density at radius 1 is 0.952 bits per heavy atom. The second kappa shape index (κ2) is 5.36. The van der Waals surface area contributed by atoms with Crippen LogP contribution in [-0.2, 0) is 0 Å². The van der Waals surface area contributed by atoms with Gasteiger partial charge >= 0.3 is 0 Å². The monoisotopic (exact) mass is 300 g/mol. The molecule has 0 radical (unpaired) electrons. The molecule has 3 atom stereocenters. The van der Waals surface area contributed by atoms with Gasteiger partial charge in [-0.25, -0.2) is 0 Å². The Labute approximate surface area is 132 Å². The van der Waals surface area contributed by atoms with Crippen molar-refractivity contribution in [3.05, 3.63) is 65.7 Å². The summed E-state index contributed by atoms with van der Waals surface area (Å²) in [4.78, 5) is 0. The highest BCUT2D eigenvalue weighted by molar-refractivity contribution is 5.85. The molecule has 0 spiro atoms. The van der Waals surface area contributed by atoms with Gasteiger partial charge in [-0.15, -0.1) is 12.4 Å². The summed E-state index contributed by atoms with van der Waals surface area (Å²) in [6.07, 6.45) is 1.21. The number of rotatable bonds is 1. The molecule has 2 aromatic carbocycles. The third-order valence-electron chi connectivity index (χ3n) is 5.04. The van der Waals surface area contributed by atoms with E-state index in [1.54, 1.807) is 0 Å². The standard InChI is InChI=1S/C18H20N2.ClH/c1-18-11-12-19-17(18)14-9-5-6-10-15(14)20-16(18)13-7-3-2-4-8-13;/h2-10,16-17,19-20H,11-12H2,1H3;1H/t16-,17-,18-;/m0./s1. The van der Waals surface area contributed by atoms with Gasteiger partial charge in [0.1, 0.15) is 0 Å². The first kappa shape index (κ1) is 14.4. The summed E-state index contributed by atoms with van der Waals surface area (Å²) in [5.74, 6) is 0. The summed E-state index contributed by atoms with van der Waals surface area (Å²) in [6.45, 7) is 3.51. The first-order valence-corrected chi connectivity index (χ1v) is 7.43. The number of halogens is 1. The van der Waals surface area contributed by atoms with E-state index in [9.17, 15) is 0 Å². The van der Waals surface area contributed by atoms with Crippen molar-refractivity contribution in [3.63, 3.8) is 0 Å². The average molecular weight is 301 g/mol. The van der Waals surface area contributed by atoms with Crippen LogP contribution in [0.4, 0.5) is 5.69 Å². The van der Waals surface area contributed by atoms with Crippen molar-refractivity contribution >= 4 is 18.1 Å². The van der Waals surface area contributed by atoms with Crippen molar-refractivity contribution in [1.29, 1.82) is 0 Å². The molecule has 0 saturated carbocycles. The summed E-state index contributed by atoms with van der Waals surface area (Å²) in [5.41, 5.74) is 4.31. The fourth-order valence-corrected chi connectivity index (χ4v) is 3.95. The fraction of sp³-hybridized carbons (Fsp3) is 0.333. The maximum absolute atomic E-state index is 3.79. The normalized spacial score (nSPS) is 29.8. The Bertz CT molecular complexity index is 628. The largest absolute Gasteiger partial charge is 0.377 e. The molecule has 2 heterocycles. The molecular formula is C18H21ClN2. The number of hydrogen-bond donors (Lipinski definition) is 2. The quantitative estimate of drug-likeness (QED) is 0.820. The van der Waals surface area contributed by atoms with Crippen molar-refractivity contribution < 1.29 is 0 Å². The summed E-state index contributed by atoms with van der Waals surface area (Å²) in [5, 5.41) is 7.50. The molecule has 2 nitrogen and oxygen atoms in total. The molecule has 21 heavy (non-hydrogen) atoms. The lowest BCUT2D eigenvalue weighted by Gasteiger charge is -2.45. The van der Waals surface area contributed by atoms with E-state index >= 15 is 0 Å². The van der Waals surface area contributed by atoms with Crippen molar-refractivity contribution in [3.8, 4) is 0 Å². The van der Waals surface area contributed by atoms with Gasteiger partial charge in [-0.3, -0.25) is 0 Å². The zero-order valence-corrected chi connectivity index (χ0v) is 13.0. The summed E-state index contributed by atoms with van der Waals surface area (Å²) in [7, 11) is 0. The molecule has 1 saturated heterocycles. The van der Waals surface area contributed by atoms with E-state index in [1.807, 2.05) is 0 Å². The zero-order valence-electron chi connectivity index (χ0n) is 12.2. The van der Waals surface area contributed by atoms with Gasteiger partial charge in [0, 0.05) is 17.1 Å². The third kappa shape index (κ3) is 2.14. The number of hydrogen-bond acceptors (Lipinski definition) is 2. The van der Waals surface area contributed by atoms with Gasteiger partial charge < -0.3 is 10.6 Å². The topological polar surface area (TPSA) is 24.1 Å². The van der Waals surface area contributed by atoms with E-state index in [4.69, 9.17) is 0 Å². The highest BCUT2D eigenvalue weighted by Gasteiger charge is 2.49. The lowest BCUT2D eigenvalue weighted by Crippen LogP contribution is -2.40. The number of fused-ring (bicyclic) bond motifs is 3. The van der Waals surface area contributed by atoms with E-state index < -0.39 is 0 Å². The van der Waals surface area contributed by atoms with Gasteiger partial charge in [-0.05, 0) is 30.2 Å². The minimum atomic E-state index is 0. The van der Waals surface area contributed by atoms with Crippen LogP contribution in [0.2, 0.25) is 0 Å². The Balaban J connectivity index is 0.00000132. The lowest BCUT2D eigenvalue weighted by molar-refractivity contribution is 0.227. The Kier molecular flexibility index (Phi) is 3.68. The SMILES string of the molecule is C[C@@]12CCN[C@H]1c1ccccc1N[C@H]2c1ccccc1.Cl. The molecule has 1 fully saturated rings. The van der Waals surface area contributed by atoms with Crippen molar-refractivity contribution in [2.75, 3.05) is 11.9 Å². The van der Waals surface area contributed by atoms with Crippen LogP contribution in [0.25, 0.3) is 0 Å². The molecule has 3 heteroatoms. The number of benzene rings is 2. The van der Waals surface area contributed by atoms with Crippen LogP contribution in [0.15, 0.2) is 54.6 Å². The molecular weight excluding hydrogens is 280 g/mol. The predicted molar refractivity (Wildman–Crippen MR) is 90.0 cm³/mol. The van der Waals surface area contributed by atoms with Crippen LogP contribution < -0.4 is 10.6 Å². The van der Waals surface area contributed by atoms with Gasteiger partial charge in [0.05, 0.1) is 6.04 Å². The number of anilines is 1. The van der Waals surface area contributed by atoms with Gasteiger partial charge in [-0.1, -0.05) is 55.5 Å². The van der Waals surface area contributed by atoms with Crippen LogP contribution in [0.1, 0.15) is 36.6 Å². The molecule has 0 unspecified atom stereocenters. The molecule has 2 N–H and O–H groups in total. The molecule has 110 valence electrons. The van der Waals surface area contributed by atoms with Gasteiger partial charge in [0.25, 0.3) is 0 Å². The van der Waals surface area contributed by atoms with Gasteiger partial charge in [0.15, 0.2) is 0 Å². The Morgan fingerprint density at radius 2 is 1.67 bits per heavy atom. The molecule has 2 aromatic rings. The van der Waals surface area contributed by atoms with Crippen LogP contribution in [0, 0.1) is 5.41 Å². The fourth-order valence-electron chi connectivity index (χ4n) is 3.95. The second-order valence-electron chi connectivity index (χ2n) is 6.22. The highest BCUT2D eigenvalue weighted by atomic mass is 35.5. The van der Waals surface area contributed by atoms with E-state index in [2.05, 4.69) is 72.2 Å². The van der Waals surface area contributed by atoms with E-state index in [1.165, 1.54) is 23.2 Å². The predicted octanol–water partition coefficient (Wildman–Crippen LogP) is 4.32. The molecule has 0 bridgehead atoms. The van der Waals surface area contributed by atoms with Crippen LogP contribution in [0.3, 0.4) is 0 Å². The zero-order chi connectivity index (χ0) is 13.6. The van der Waals surface area contributed by atoms with Crippen molar-refractivity contribution in [2.24, 2.45) is 5.41 Å². The van der Waals surface area contributed by atoms with Crippen LogP contribution in [0.5, 0.6) is 0 Å². The first-order chi connectivity index (χ1) is 9.79. The molecule has 0 amide bonds. The minimum absolute atomic E-state index is 0. The third-order valence-corrected chi connectivity index (χ3v) is 5.04. The minimum Gasteiger partial charge on any atom is -0.377 e. The molecule has 2 aliphatic rings. The van der Waals surface area contributed by atoms with Gasteiger partial charge in [0.2, 0.25) is 0 Å². The van der Waals surface area contributed by atoms with Crippen molar-refractivity contribution in [1.82, 2.24) is 5.32 Å². The van der Waals surface area contributed by atoms with E-state index in [0.29, 0.717) is 12.1 Å². The molecule has 2 aliphatic heterocycles. The Hall–Kier alpha value is -1.51. The van der Waals surface area contributed by atoms with Crippen LogP contribution >= 0.6 is 12.4 Å². The smallest absolute Gasteiger partial charge is 0.0586 e. The lowest BCUT2D eigenvalue weighted by atomic mass is 9.68. The molecule has 0 aliphatic carbocycles. The van der Waals surface area contributed by atoms with E-state index in [0.717, 1.165) is 6.54 Å². The highest BCUT2D eigenvalue weighted by Crippen LogP contribution is 2.55. The van der Waals surface area contributed by atoms with Crippen LogP contribution in [-0.4, -0.2) is 6.54 Å². The summed E-state index contributed by atoms with van der Waals surface area (Å²) in [6, 6.07) is 20.4. The molecule has 0 aromatic heterocycles. The van der Waals surface area contributed by atoms with Gasteiger partial charge in [-0.2, -0.15) is 0 Å². The summed E-state index contributed by atoms with van der Waals surface area (Å²) >= 11 is 0. The summed E-state index contributed by atoms with van der Waals surface area (Å²) < 4.78 is 0. The first-order valence-electron chi connectivity index (χ1n) is 7.43. The molecule has 4 rings (SSSR count). The average Bonchev–Trinajstić information content (AvgIpc) is 2.90. The maximum atomic E-state index is 3.79. The second-order valence-corrected chi connectivity index (χ2v) is 6.22. The number of para-hydroxylation sites is 1. The maximum Gasteiger partial charge on any atom is 0.0586 e. The Morgan fingerprint density at radius 3 is 2.48 bits per heavy atom. The van der Waals surface area contributed by atoms with E-state index in [-0.39, 0.29) is 17.8 Å². The number of nitrogens with one attached hydrogen (secondary N) is 2.